The van der Waals surface area contributed by atoms with Crippen LogP contribution < -0.4 is 0 Å². The van der Waals surface area contributed by atoms with Crippen molar-refractivity contribution in [2.24, 2.45) is 5.92 Å². The number of hydrogen-bond donors (Lipinski definition) is 0. The minimum Gasteiger partial charge on any atom is -0.281 e. The molecule has 1 nitrogen and oxygen atoms in total. The molecule has 2 heteroatoms. The van der Waals surface area contributed by atoms with Gasteiger partial charge in [-0.25, -0.2) is 0 Å². The molecule has 1 atom stereocenters. The fourth-order valence-electron chi connectivity index (χ4n) is 2.37. The predicted molar refractivity (Wildman–Crippen MR) is 77.0 cm³/mol. The van der Waals surface area contributed by atoms with Gasteiger partial charge in [-0.05, 0) is 40.3 Å². The first-order valence-electron chi connectivity index (χ1n) is 6.26. The van der Waals surface area contributed by atoms with Crippen molar-refractivity contribution < 1.29 is 4.79 Å². The number of carbonyl (C=O) groups excluding carboxylic acids is 1. The topological polar surface area (TPSA) is 17.1 Å². The summed E-state index contributed by atoms with van der Waals surface area (Å²) in [6.45, 7) is 4.22. The second-order valence-corrected chi connectivity index (χ2v) is 5.43. The van der Waals surface area contributed by atoms with Gasteiger partial charge in [0, 0.05) is 0 Å². The average molecular weight is 261 g/mol. The maximum absolute atomic E-state index is 11.7. The van der Waals surface area contributed by atoms with E-state index < -0.39 is 0 Å². The van der Waals surface area contributed by atoms with E-state index in [0.717, 1.165) is 22.8 Å². The van der Waals surface area contributed by atoms with E-state index in [4.69, 9.17) is 11.6 Å². The van der Waals surface area contributed by atoms with Crippen molar-refractivity contribution in [3.05, 3.63) is 48.0 Å². The maximum Gasteiger partial charge on any atom is 0.229 e. The standard InChI is InChI=1S/C16H17ClO/c1-11(2)10-15(16(17)18)14-9-5-7-12-6-3-4-8-13(12)14/h3-9,11,15H,10H2,1-2H3. The molecule has 0 N–H and O–H groups in total. The van der Waals surface area contributed by atoms with Gasteiger partial charge in [-0.15, -0.1) is 0 Å². The summed E-state index contributed by atoms with van der Waals surface area (Å²) in [4.78, 5) is 11.7. The van der Waals surface area contributed by atoms with E-state index in [0.29, 0.717) is 5.92 Å². The number of carbonyl (C=O) groups is 1. The normalized spacial score (nSPS) is 12.9. The van der Waals surface area contributed by atoms with Crippen LogP contribution in [-0.4, -0.2) is 5.24 Å². The first kappa shape index (κ1) is 13.1. The molecule has 2 rings (SSSR count). The van der Waals surface area contributed by atoms with Crippen molar-refractivity contribution in [3.63, 3.8) is 0 Å². The number of halogens is 1. The molecule has 0 radical (unpaired) electrons. The molecule has 0 aliphatic heterocycles. The second-order valence-electron chi connectivity index (χ2n) is 5.05. The molecule has 18 heavy (non-hydrogen) atoms. The predicted octanol–water partition coefficient (Wildman–Crippen LogP) is 4.73. The highest BCUT2D eigenvalue weighted by Crippen LogP contribution is 2.31. The first-order chi connectivity index (χ1) is 8.59. The zero-order chi connectivity index (χ0) is 13.1. The first-order valence-corrected chi connectivity index (χ1v) is 6.64. The minimum absolute atomic E-state index is 0.210. The van der Waals surface area contributed by atoms with Gasteiger partial charge in [0.2, 0.25) is 5.24 Å². The molecular formula is C16H17ClO. The van der Waals surface area contributed by atoms with Crippen LogP contribution in [0.25, 0.3) is 10.8 Å². The average Bonchev–Trinajstić information content (AvgIpc) is 2.35. The Hall–Kier alpha value is -1.34. The third-order valence-corrected chi connectivity index (χ3v) is 3.44. The summed E-state index contributed by atoms with van der Waals surface area (Å²) in [6.07, 6.45) is 0.788. The van der Waals surface area contributed by atoms with Crippen LogP contribution in [0.1, 0.15) is 31.7 Å². The van der Waals surface area contributed by atoms with Crippen molar-refractivity contribution in [2.75, 3.05) is 0 Å². The van der Waals surface area contributed by atoms with E-state index in [-0.39, 0.29) is 11.2 Å². The summed E-state index contributed by atoms with van der Waals surface area (Å²) in [6, 6.07) is 14.2. The lowest BCUT2D eigenvalue weighted by Gasteiger charge is -2.17. The Morgan fingerprint density at radius 2 is 1.78 bits per heavy atom. The Morgan fingerprint density at radius 1 is 1.11 bits per heavy atom. The third kappa shape index (κ3) is 2.73. The van der Waals surface area contributed by atoms with Gasteiger partial charge in [0.1, 0.15) is 0 Å². The molecule has 2 aromatic rings. The van der Waals surface area contributed by atoms with E-state index in [2.05, 4.69) is 32.0 Å². The lowest BCUT2D eigenvalue weighted by atomic mass is 9.88. The van der Waals surface area contributed by atoms with E-state index in [1.54, 1.807) is 0 Å². The van der Waals surface area contributed by atoms with Gasteiger partial charge in [-0.1, -0.05) is 56.3 Å². The van der Waals surface area contributed by atoms with Gasteiger partial charge in [0.05, 0.1) is 5.92 Å². The quantitative estimate of drug-likeness (QED) is 0.726. The fourth-order valence-corrected chi connectivity index (χ4v) is 2.57. The molecule has 0 heterocycles. The van der Waals surface area contributed by atoms with Crippen molar-refractivity contribution in [2.45, 2.75) is 26.2 Å². The summed E-state index contributed by atoms with van der Waals surface area (Å²) in [5.74, 6) is 0.231. The van der Waals surface area contributed by atoms with E-state index in [1.807, 2.05) is 24.3 Å². The second kappa shape index (κ2) is 5.53. The van der Waals surface area contributed by atoms with E-state index >= 15 is 0 Å². The molecule has 0 aliphatic carbocycles. The number of hydrogen-bond acceptors (Lipinski definition) is 1. The molecule has 0 aliphatic rings. The van der Waals surface area contributed by atoms with Crippen molar-refractivity contribution >= 4 is 27.6 Å². The molecule has 0 saturated heterocycles. The maximum atomic E-state index is 11.7. The zero-order valence-electron chi connectivity index (χ0n) is 10.7. The Labute approximate surface area is 113 Å². The number of fused-ring (bicyclic) bond motifs is 1. The van der Waals surface area contributed by atoms with E-state index in [9.17, 15) is 4.79 Å². The van der Waals surface area contributed by atoms with Gasteiger partial charge < -0.3 is 0 Å². The van der Waals surface area contributed by atoms with Crippen molar-refractivity contribution in [1.82, 2.24) is 0 Å². The van der Waals surface area contributed by atoms with Gasteiger partial charge >= 0.3 is 0 Å². The molecule has 94 valence electrons. The molecule has 1 unspecified atom stereocenters. The Morgan fingerprint density at radius 3 is 2.44 bits per heavy atom. The zero-order valence-corrected chi connectivity index (χ0v) is 11.4. The van der Waals surface area contributed by atoms with Crippen molar-refractivity contribution in [3.8, 4) is 0 Å². The Balaban J connectivity index is 2.53. The SMILES string of the molecule is CC(C)CC(C(=O)Cl)c1cccc2ccccc12. The number of rotatable bonds is 4. The molecule has 0 bridgehead atoms. The Bertz CT molecular complexity index is 555. The lowest BCUT2D eigenvalue weighted by Crippen LogP contribution is -2.10. The van der Waals surface area contributed by atoms with E-state index in [1.165, 1.54) is 0 Å². The fraction of sp³-hybridized carbons (Fsp3) is 0.312. The van der Waals surface area contributed by atoms with Crippen LogP contribution in [0.4, 0.5) is 0 Å². The van der Waals surface area contributed by atoms with Crippen LogP contribution in [0.2, 0.25) is 0 Å². The van der Waals surface area contributed by atoms with Crippen LogP contribution in [0, 0.1) is 5.92 Å². The third-order valence-electron chi connectivity index (χ3n) is 3.18. The van der Waals surface area contributed by atoms with Gasteiger partial charge in [-0.2, -0.15) is 0 Å². The van der Waals surface area contributed by atoms with Crippen LogP contribution in [-0.2, 0) is 4.79 Å². The highest BCUT2D eigenvalue weighted by molar-refractivity contribution is 6.64. The smallest absolute Gasteiger partial charge is 0.229 e. The number of benzene rings is 2. The minimum atomic E-state index is -0.264. The van der Waals surface area contributed by atoms with Crippen LogP contribution >= 0.6 is 11.6 Å². The highest BCUT2D eigenvalue weighted by Gasteiger charge is 2.21. The molecular weight excluding hydrogens is 244 g/mol. The molecule has 2 aromatic carbocycles. The molecule has 0 spiro atoms. The summed E-state index contributed by atoms with van der Waals surface area (Å²) in [7, 11) is 0. The Kier molecular flexibility index (Phi) is 4.03. The highest BCUT2D eigenvalue weighted by atomic mass is 35.5. The van der Waals surface area contributed by atoms with Crippen LogP contribution in [0.15, 0.2) is 42.5 Å². The monoisotopic (exact) mass is 260 g/mol. The summed E-state index contributed by atoms with van der Waals surface area (Å²) < 4.78 is 0. The van der Waals surface area contributed by atoms with Crippen LogP contribution in [0.5, 0.6) is 0 Å². The largest absolute Gasteiger partial charge is 0.281 e. The molecule has 0 amide bonds. The van der Waals surface area contributed by atoms with Gasteiger partial charge in [0.15, 0.2) is 0 Å². The molecule has 0 fully saturated rings. The lowest BCUT2D eigenvalue weighted by molar-refractivity contribution is -0.113. The van der Waals surface area contributed by atoms with Gasteiger partial charge in [0.25, 0.3) is 0 Å². The van der Waals surface area contributed by atoms with Crippen molar-refractivity contribution in [1.29, 1.82) is 0 Å². The van der Waals surface area contributed by atoms with Gasteiger partial charge in [-0.3, -0.25) is 4.79 Å². The summed E-state index contributed by atoms with van der Waals surface area (Å²) in [5, 5.41) is 2.02. The summed E-state index contributed by atoms with van der Waals surface area (Å²) >= 11 is 5.78. The molecule has 0 saturated carbocycles. The molecule has 0 aromatic heterocycles. The summed E-state index contributed by atoms with van der Waals surface area (Å²) in [5.41, 5.74) is 1.04. The van der Waals surface area contributed by atoms with Crippen LogP contribution in [0.3, 0.4) is 0 Å².